The number of anilines is 1. The minimum absolute atomic E-state index is 0.0137. The Morgan fingerprint density at radius 1 is 1.12 bits per heavy atom. The van der Waals surface area contributed by atoms with E-state index in [9.17, 15) is 9.59 Å². The summed E-state index contributed by atoms with van der Waals surface area (Å²) in [6.07, 6.45) is -0.901. The summed E-state index contributed by atoms with van der Waals surface area (Å²) < 4.78 is 10.2. The first kappa shape index (κ1) is 17.8. The summed E-state index contributed by atoms with van der Waals surface area (Å²) in [6, 6.07) is 13.9. The second kappa shape index (κ2) is 8.36. The lowest BCUT2D eigenvalue weighted by Gasteiger charge is -2.14. The molecule has 2 aromatic carbocycles. The number of ether oxygens (including phenoxy) is 2. The van der Waals surface area contributed by atoms with E-state index in [-0.39, 0.29) is 6.42 Å². The SMILES string of the molecule is COc1ccc(NC(=O)[C@H](C)OC(=O)Cc2ccccc2Cl)cc1. The van der Waals surface area contributed by atoms with E-state index in [0.717, 1.165) is 0 Å². The number of nitrogens with one attached hydrogen (secondary N) is 1. The average Bonchev–Trinajstić information content (AvgIpc) is 2.57. The molecular weight excluding hydrogens is 330 g/mol. The summed E-state index contributed by atoms with van der Waals surface area (Å²) >= 11 is 6.00. The van der Waals surface area contributed by atoms with E-state index in [1.54, 1.807) is 55.6 Å². The molecule has 0 unspecified atom stereocenters. The molecule has 1 amide bonds. The molecule has 6 heteroatoms. The van der Waals surface area contributed by atoms with Gasteiger partial charge in [0.25, 0.3) is 5.91 Å². The summed E-state index contributed by atoms with van der Waals surface area (Å²) in [7, 11) is 1.56. The lowest BCUT2D eigenvalue weighted by Crippen LogP contribution is -2.30. The van der Waals surface area contributed by atoms with E-state index in [4.69, 9.17) is 21.1 Å². The fourth-order valence-corrected chi connectivity index (χ4v) is 2.21. The van der Waals surface area contributed by atoms with Crippen molar-refractivity contribution in [2.75, 3.05) is 12.4 Å². The Hall–Kier alpha value is -2.53. The van der Waals surface area contributed by atoms with Gasteiger partial charge in [0.2, 0.25) is 0 Å². The van der Waals surface area contributed by atoms with Crippen LogP contribution in [0.15, 0.2) is 48.5 Å². The zero-order valence-electron chi connectivity index (χ0n) is 13.4. The molecule has 0 bridgehead atoms. The van der Waals surface area contributed by atoms with Gasteiger partial charge in [-0.3, -0.25) is 9.59 Å². The maximum Gasteiger partial charge on any atom is 0.311 e. The number of methoxy groups -OCH3 is 1. The molecule has 0 saturated carbocycles. The normalized spacial score (nSPS) is 11.5. The molecular formula is C18H18ClNO4. The first-order valence-corrected chi connectivity index (χ1v) is 7.75. The minimum atomic E-state index is -0.915. The van der Waals surface area contributed by atoms with Crippen molar-refractivity contribution in [2.24, 2.45) is 0 Å². The van der Waals surface area contributed by atoms with Crippen molar-refractivity contribution in [2.45, 2.75) is 19.4 Å². The third kappa shape index (κ3) is 4.99. The highest BCUT2D eigenvalue weighted by molar-refractivity contribution is 6.31. The van der Waals surface area contributed by atoms with Crippen molar-refractivity contribution in [1.29, 1.82) is 0 Å². The topological polar surface area (TPSA) is 64.6 Å². The Balaban J connectivity index is 1.88. The summed E-state index contributed by atoms with van der Waals surface area (Å²) in [5.41, 5.74) is 1.25. The van der Waals surface area contributed by atoms with E-state index in [0.29, 0.717) is 22.0 Å². The van der Waals surface area contributed by atoms with Crippen LogP contribution < -0.4 is 10.1 Å². The molecule has 0 radical (unpaired) electrons. The van der Waals surface area contributed by atoms with Crippen molar-refractivity contribution in [3.8, 4) is 5.75 Å². The largest absolute Gasteiger partial charge is 0.497 e. The van der Waals surface area contributed by atoms with E-state index >= 15 is 0 Å². The molecule has 0 spiro atoms. The number of amides is 1. The number of esters is 1. The van der Waals surface area contributed by atoms with E-state index in [2.05, 4.69) is 5.32 Å². The van der Waals surface area contributed by atoms with Gasteiger partial charge in [0.05, 0.1) is 13.5 Å². The lowest BCUT2D eigenvalue weighted by atomic mass is 10.1. The molecule has 24 heavy (non-hydrogen) atoms. The highest BCUT2D eigenvalue weighted by Gasteiger charge is 2.18. The monoisotopic (exact) mass is 347 g/mol. The molecule has 0 aliphatic heterocycles. The number of carbonyl (C=O) groups is 2. The van der Waals surface area contributed by atoms with E-state index < -0.39 is 18.0 Å². The average molecular weight is 348 g/mol. The minimum Gasteiger partial charge on any atom is -0.497 e. The van der Waals surface area contributed by atoms with Gasteiger partial charge in [0.1, 0.15) is 5.75 Å². The van der Waals surface area contributed by atoms with Gasteiger partial charge in [-0.05, 0) is 42.8 Å². The van der Waals surface area contributed by atoms with Crippen LogP contribution in [0.5, 0.6) is 5.75 Å². The summed E-state index contributed by atoms with van der Waals surface area (Å²) in [6.45, 7) is 1.52. The number of rotatable bonds is 6. The van der Waals surface area contributed by atoms with Gasteiger partial charge < -0.3 is 14.8 Å². The molecule has 0 aliphatic carbocycles. The number of benzene rings is 2. The Kier molecular flexibility index (Phi) is 6.21. The number of hydrogen-bond donors (Lipinski definition) is 1. The van der Waals surface area contributed by atoms with Crippen molar-refractivity contribution in [1.82, 2.24) is 0 Å². The van der Waals surface area contributed by atoms with E-state index in [1.807, 2.05) is 0 Å². The summed E-state index contributed by atoms with van der Waals surface area (Å²) in [5, 5.41) is 3.17. The van der Waals surface area contributed by atoms with Gasteiger partial charge in [-0.15, -0.1) is 0 Å². The molecule has 0 aromatic heterocycles. The maximum atomic E-state index is 12.1. The number of hydrogen-bond acceptors (Lipinski definition) is 4. The predicted molar refractivity (Wildman–Crippen MR) is 92.3 cm³/mol. The van der Waals surface area contributed by atoms with Gasteiger partial charge >= 0.3 is 5.97 Å². The van der Waals surface area contributed by atoms with Crippen LogP contribution in [0.1, 0.15) is 12.5 Å². The molecule has 5 nitrogen and oxygen atoms in total. The number of halogens is 1. The summed E-state index contributed by atoms with van der Waals surface area (Å²) in [4.78, 5) is 24.0. The number of carbonyl (C=O) groups excluding carboxylic acids is 2. The molecule has 1 N–H and O–H groups in total. The standard InChI is InChI=1S/C18H18ClNO4/c1-12(18(22)20-14-7-9-15(23-2)10-8-14)24-17(21)11-13-5-3-4-6-16(13)19/h3-10,12H,11H2,1-2H3,(H,20,22)/t12-/m0/s1. The van der Waals surface area contributed by atoms with Gasteiger partial charge in [-0.2, -0.15) is 0 Å². The third-order valence-corrected chi connectivity index (χ3v) is 3.70. The quantitative estimate of drug-likeness (QED) is 0.813. The van der Waals surface area contributed by atoms with Crippen LogP contribution in [0.25, 0.3) is 0 Å². The molecule has 2 rings (SSSR count). The fraction of sp³-hybridized carbons (Fsp3) is 0.222. The smallest absolute Gasteiger partial charge is 0.311 e. The van der Waals surface area contributed by atoms with Gasteiger partial charge in [0, 0.05) is 10.7 Å². The molecule has 1 atom stereocenters. The Morgan fingerprint density at radius 3 is 2.42 bits per heavy atom. The second-order valence-corrected chi connectivity index (χ2v) is 5.53. The molecule has 0 aliphatic rings. The predicted octanol–water partition coefficient (Wildman–Crippen LogP) is 3.46. The van der Waals surface area contributed by atoms with Crippen LogP contribution in [0.3, 0.4) is 0 Å². The Bertz CT molecular complexity index is 715. The lowest BCUT2D eigenvalue weighted by molar-refractivity contribution is -0.152. The van der Waals surface area contributed by atoms with Crippen LogP contribution in [0.2, 0.25) is 5.02 Å². The van der Waals surface area contributed by atoms with Gasteiger partial charge in [0.15, 0.2) is 6.10 Å². The molecule has 2 aromatic rings. The van der Waals surface area contributed by atoms with Crippen molar-refractivity contribution < 1.29 is 19.1 Å². The molecule has 0 fully saturated rings. The van der Waals surface area contributed by atoms with Crippen LogP contribution in [0, 0.1) is 0 Å². The second-order valence-electron chi connectivity index (χ2n) is 5.12. The van der Waals surface area contributed by atoms with Gasteiger partial charge in [-0.25, -0.2) is 0 Å². The van der Waals surface area contributed by atoms with Crippen molar-refractivity contribution >= 4 is 29.2 Å². The van der Waals surface area contributed by atoms with Crippen LogP contribution in [-0.4, -0.2) is 25.1 Å². The molecule has 126 valence electrons. The first-order valence-electron chi connectivity index (χ1n) is 7.37. The van der Waals surface area contributed by atoms with Crippen molar-refractivity contribution in [3.05, 3.63) is 59.1 Å². The zero-order chi connectivity index (χ0) is 17.5. The maximum absolute atomic E-state index is 12.1. The highest BCUT2D eigenvalue weighted by atomic mass is 35.5. The summed E-state index contributed by atoms with van der Waals surface area (Å²) in [5.74, 6) is -0.236. The van der Waals surface area contributed by atoms with Crippen LogP contribution in [0.4, 0.5) is 5.69 Å². The van der Waals surface area contributed by atoms with Crippen molar-refractivity contribution in [3.63, 3.8) is 0 Å². The van der Waals surface area contributed by atoms with E-state index in [1.165, 1.54) is 6.92 Å². The molecule has 0 saturated heterocycles. The zero-order valence-corrected chi connectivity index (χ0v) is 14.2. The molecule has 0 heterocycles. The Morgan fingerprint density at radius 2 is 1.79 bits per heavy atom. The van der Waals surface area contributed by atoms with Crippen LogP contribution >= 0.6 is 11.6 Å². The first-order chi connectivity index (χ1) is 11.5. The highest BCUT2D eigenvalue weighted by Crippen LogP contribution is 2.17. The van der Waals surface area contributed by atoms with Gasteiger partial charge in [-0.1, -0.05) is 29.8 Å². The third-order valence-electron chi connectivity index (χ3n) is 3.33. The Labute approximate surface area is 145 Å². The fourth-order valence-electron chi connectivity index (χ4n) is 2.01. The van der Waals surface area contributed by atoms with Crippen LogP contribution in [-0.2, 0) is 20.7 Å².